The summed E-state index contributed by atoms with van der Waals surface area (Å²) in [7, 11) is -11.3. The third-order valence-corrected chi connectivity index (χ3v) is 8.90. The first-order valence-corrected chi connectivity index (χ1v) is 20.4. The summed E-state index contributed by atoms with van der Waals surface area (Å²) in [5.74, 6) is 0. The van der Waals surface area contributed by atoms with E-state index in [0.717, 1.165) is 32.8 Å². The molecule has 0 fully saturated rings. The van der Waals surface area contributed by atoms with Gasteiger partial charge in [-0.05, 0) is 25.0 Å². The monoisotopic (exact) mass is 764 g/mol. The zero-order chi connectivity index (χ0) is 34.3. The van der Waals surface area contributed by atoms with Crippen LogP contribution in [-0.4, -0.2) is 54.7 Å². The number of hydrogen-bond acceptors (Lipinski definition) is 11. The van der Waals surface area contributed by atoms with Gasteiger partial charge in [0.25, 0.3) is 10.1 Å². The maximum atomic E-state index is 11.0. The molecule has 0 saturated heterocycles. The third kappa shape index (κ3) is 45.5. The van der Waals surface area contributed by atoms with Crippen LogP contribution < -0.4 is 80.9 Å². The first kappa shape index (κ1) is 55.3. The van der Waals surface area contributed by atoms with Crippen LogP contribution in [0, 0.1) is 0 Å². The number of unbranched alkanes of at least 4 members (excludes halogenated alkanes) is 18. The molecule has 47 heavy (non-hydrogen) atoms. The van der Waals surface area contributed by atoms with E-state index in [4.69, 9.17) is 0 Å². The van der Waals surface area contributed by atoms with Crippen molar-refractivity contribution in [2.45, 2.75) is 147 Å². The molecular weight excluding hydrogens is 707 g/mol. The Kier molecular flexibility index (Phi) is 43.8. The molecule has 11 nitrogen and oxygen atoms in total. The fourth-order valence-corrected chi connectivity index (χ4v) is 5.51. The van der Waals surface area contributed by atoms with Gasteiger partial charge in [0.2, 0.25) is 20.8 Å². The van der Waals surface area contributed by atoms with Crippen molar-refractivity contribution in [1.29, 1.82) is 0 Å². The quantitative estimate of drug-likeness (QED) is 0.0442. The van der Waals surface area contributed by atoms with Crippen LogP contribution in [0.2, 0.25) is 0 Å². The first-order chi connectivity index (χ1) is 21.3. The summed E-state index contributed by atoms with van der Waals surface area (Å²) >= 11 is 0. The minimum absolute atomic E-state index is 0. The SMILES string of the molecule is CCCCCCCCCCCCOS(=O)(=O)[O-].CCCCCCCCCCCCOS(=O)(=O)[O-].COS(=O)(=O)c1ccccc1.[K+].[Na+]. The van der Waals surface area contributed by atoms with E-state index >= 15 is 0 Å². The molecule has 0 N–H and O–H groups in total. The molecule has 0 aliphatic rings. The smallest absolute Gasteiger partial charge is 0.726 e. The Balaban J connectivity index is -0.000000295. The van der Waals surface area contributed by atoms with E-state index in [0.29, 0.717) is 12.8 Å². The Morgan fingerprint density at radius 2 is 0.787 bits per heavy atom. The number of benzene rings is 1. The Labute approximate surface area is 352 Å². The van der Waals surface area contributed by atoms with Gasteiger partial charge in [0.1, 0.15) is 0 Å². The standard InChI is InChI=1S/2C12H26O4S.C7H8O3S.K.Na/c2*1-2-3-4-5-6-7-8-9-10-11-12-16-17(13,14)15;1-10-11(8,9)7-5-3-2-4-6-7;;/h2*2-12H2,1H3,(H,13,14,15);2-6H,1H3;;/q;;;2*+1/p-2. The summed E-state index contributed by atoms with van der Waals surface area (Å²) < 4.78 is 95.2. The van der Waals surface area contributed by atoms with E-state index < -0.39 is 30.9 Å². The molecule has 0 radical (unpaired) electrons. The molecule has 0 heterocycles. The summed E-state index contributed by atoms with van der Waals surface area (Å²) in [4.78, 5) is 0.183. The maximum absolute atomic E-state index is 11.0. The van der Waals surface area contributed by atoms with Crippen molar-refractivity contribution in [3.63, 3.8) is 0 Å². The van der Waals surface area contributed by atoms with Crippen molar-refractivity contribution in [2.24, 2.45) is 0 Å². The molecule has 1 aromatic rings. The van der Waals surface area contributed by atoms with E-state index in [2.05, 4.69) is 26.4 Å². The third-order valence-electron chi connectivity index (χ3n) is 6.70. The molecule has 16 heteroatoms. The van der Waals surface area contributed by atoms with Crippen molar-refractivity contribution < 1.29 is 128 Å². The second-order valence-electron chi connectivity index (χ2n) is 10.8. The van der Waals surface area contributed by atoms with Gasteiger partial charge in [-0.25, -0.2) is 16.8 Å². The summed E-state index contributed by atoms with van der Waals surface area (Å²) in [5.41, 5.74) is 0. The number of hydrogen-bond donors (Lipinski definition) is 0. The van der Waals surface area contributed by atoms with Crippen LogP contribution in [0.5, 0.6) is 0 Å². The van der Waals surface area contributed by atoms with Crippen molar-refractivity contribution in [3.05, 3.63) is 30.3 Å². The molecule has 0 aliphatic carbocycles. The molecule has 0 aliphatic heterocycles. The van der Waals surface area contributed by atoms with E-state index in [1.807, 2.05) is 0 Å². The van der Waals surface area contributed by atoms with Gasteiger partial charge >= 0.3 is 80.9 Å². The zero-order valence-corrected chi connectivity index (χ0v) is 37.2. The van der Waals surface area contributed by atoms with E-state index in [1.165, 1.54) is 102 Å². The van der Waals surface area contributed by atoms with Crippen LogP contribution in [0.15, 0.2) is 35.2 Å². The summed E-state index contributed by atoms with van der Waals surface area (Å²) in [6.45, 7) is 4.49. The molecule has 0 spiro atoms. The Bertz CT molecular complexity index is 1050. The van der Waals surface area contributed by atoms with Gasteiger partial charge < -0.3 is 9.11 Å². The first-order valence-electron chi connectivity index (χ1n) is 16.3. The zero-order valence-electron chi connectivity index (χ0n) is 29.7. The Morgan fingerprint density at radius 3 is 1.04 bits per heavy atom. The summed E-state index contributed by atoms with van der Waals surface area (Å²) in [5, 5.41) is 0. The van der Waals surface area contributed by atoms with Crippen molar-refractivity contribution in [1.82, 2.24) is 0 Å². The average molecular weight is 765 g/mol. The molecule has 1 aromatic carbocycles. The van der Waals surface area contributed by atoms with Gasteiger partial charge in [-0.3, -0.25) is 12.5 Å². The predicted octanol–water partition coefficient (Wildman–Crippen LogP) is 1.80. The van der Waals surface area contributed by atoms with Crippen LogP contribution in [0.1, 0.15) is 142 Å². The Morgan fingerprint density at radius 1 is 0.511 bits per heavy atom. The van der Waals surface area contributed by atoms with Crippen molar-refractivity contribution >= 4 is 30.9 Å². The molecule has 0 saturated carbocycles. The van der Waals surface area contributed by atoms with Crippen molar-refractivity contribution in [2.75, 3.05) is 20.3 Å². The van der Waals surface area contributed by atoms with Gasteiger partial charge in [0, 0.05) is 0 Å². The molecule has 268 valence electrons. The van der Waals surface area contributed by atoms with Crippen LogP contribution in [0.4, 0.5) is 0 Å². The van der Waals surface area contributed by atoms with Gasteiger partial charge in [-0.15, -0.1) is 0 Å². The summed E-state index contributed by atoms with van der Waals surface area (Å²) in [6.07, 6.45) is 23.4. The second kappa shape index (κ2) is 37.3. The van der Waals surface area contributed by atoms with Crippen molar-refractivity contribution in [3.8, 4) is 0 Å². The van der Waals surface area contributed by atoms with Gasteiger partial charge in [-0.1, -0.05) is 148 Å². The minimum atomic E-state index is -4.48. The summed E-state index contributed by atoms with van der Waals surface area (Å²) in [6, 6.07) is 8.00. The van der Waals surface area contributed by atoms with Crippen LogP contribution in [0.3, 0.4) is 0 Å². The molecule has 0 atom stereocenters. The molecule has 0 aromatic heterocycles. The molecule has 0 amide bonds. The molecule has 0 bridgehead atoms. The van der Waals surface area contributed by atoms with Crippen LogP contribution in [0.25, 0.3) is 0 Å². The van der Waals surface area contributed by atoms with Crippen LogP contribution >= 0.6 is 0 Å². The topological polar surface area (TPSA) is 176 Å². The molecule has 1 rings (SSSR count). The van der Waals surface area contributed by atoms with E-state index in [9.17, 15) is 34.4 Å². The fourth-order valence-electron chi connectivity index (χ4n) is 4.18. The fraction of sp³-hybridized carbons (Fsp3) is 0.806. The number of rotatable bonds is 26. The van der Waals surface area contributed by atoms with E-state index in [1.54, 1.807) is 18.2 Å². The minimum Gasteiger partial charge on any atom is -0.726 e. The van der Waals surface area contributed by atoms with Gasteiger partial charge in [0.15, 0.2) is 0 Å². The second-order valence-corrected chi connectivity index (χ2v) is 14.6. The van der Waals surface area contributed by atoms with Gasteiger partial charge in [0.05, 0.1) is 25.2 Å². The normalized spacial score (nSPS) is 11.3. The van der Waals surface area contributed by atoms with Gasteiger partial charge in [-0.2, -0.15) is 8.42 Å². The molecule has 0 unspecified atom stereocenters. The van der Waals surface area contributed by atoms with Crippen LogP contribution in [-0.2, 0) is 43.5 Å². The maximum Gasteiger partial charge on any atom is 1.00 e. The average Bonchev–Trinajstić information content (AvgIpc) is 2.99. The largest absolute Gasteiger partial charge is 1.00 e. The Hall–Kier alpha value is 1.51. The van der Waals surface area contributed by atoms with E-state index in [-0.39, 0.29) is 99.1 Å². The molecular formula is C31H58KNaO11S3. The predicted molar refractivity (Wildman–Crippen MR) is 176 cm³/mol.